The van der Waals surface area contributed by atoms with Gasteiger partial charge in [0.2, 0.25) is 0 Å². The van der Waals surface area contributed by atoms with Gasteiger partial charge >= 0.3 is 13.1 Å². The lowest BCUT2D eigenvalue weighted by atomic mass is 9.80. The minimum absolute atomic E-state index is 0.117. The van der Waals surface area contributed by atoms with E-state index in [0.29, 0.717) is 22.0 Å². The van der Waals surface area contributed by atoms with Gasteiger partial charge in [0, 0.05) is 10.9 Å². The summed E-state index contributed by atoms with van der Waals surface area (Å²) in [5, 5.41) is 27.2. The highest BCUT2D eigenvalue weighted by Crippen LogP contribution is 2.20. The molecule has 6 heteroatoms. The molecule has 0 saturated heterocycles. The average Bonchev–Trinajstić information content (AvgIpc) is 2.60. The molecule has 16 heavy (non-hydrogen) atoms. The van der Waals surface area contributed by atoms with Gasteiger partial charge in [-0.15, -0.1) is 0 Å². The van der Waals surface area contributed by atoms with Gasteiger partial charge in [-0.3, -0.25) is 4.79 Å². The van der Waals surface area contributed by atoms with Gasteiger partial charge in [-0.25, -0.2) is 0 Å². The van der Waals surface area contributed by atoms with Crippen molar-refractivity contribution in [2.45, 2.75) is 6.42 Å². The maximum atomic E-state index is 10.6. The van der Waals surface area contributed by atoms with Crippen molar-refractivity contribution in [3.05, 3.63) is 30.0 Å². The summed E-state index contributed by atoms with van der Waals surface area (Å²) in [7, 11) is -1.56. The van der Waals surface area contributed by atoms with E-state index in [-0.39, 0.29) is 6.42 Å². The first kappa shape index (κ1) is 10.7. The number of fused-ring (bicyclic) bond motifs is 1. The molecular weight excluding hydrogens is 211 g/mol. The predicted molar refractivity (Wildman–Crippen MR) is 57.4 cm³/mol. The van der Waals surface area contributed by atoms with Crippen LogP contribution in [-0.4, -0.2) is 28.2 Å². The summed E-state index contributed by atoms with van der Waals surface area (Å²) in [5.41, 5.74) is 1.33. The van der Waals surface area contributed by atoms with E-state index in [1.165, 1.54) is 18.4 Å². The monoisotopic (exact) mass is 220 g/mol. The third-order valence-electron chi connectivity index (χ3n) is 2.32. The number of carbonyl (C=O) groups is 1. The van der Waals surface area contributed by atoms with E-state index >= 15 is 0 Å². The van der Waals surface area contributed by atoms with Gasteiger partial charge in [-0.05, 0) is 11.5 Å². The smallest absolute Gasteiger partial charge is 0.481 e. The number of carboxylic acids is 1. The topological polar surface area (TPSA) is 90.9 Å². The first-order valence-corrected chi connectivity index (χ1v) is 4.66. The minimum Gasteiger partial charge on any atom is -0.481 e. The number of furan rings is 1. The highest BCUT2D eigenvalue weighted by molar-refractivity contribution is 6.58. The molecule has 0 atom stereocenters. The van der Waals surface area contributed by atoms with E-state index in [4.69, 9.17) is 19.6 Å². The largest absolute Gasteiger partial charge is 0.488 e. The number of rotatable bonds is 3. The Morgan fingerprint density at radius 2 is 2.12 bits per heavy atom. The Kier molecular flexibility index (Phi) is 2.68. The fourth-order valence-electron chi connectivity index (χ4n) is 1.56. The molecule has 0 bridgehead atoms. The molecule has 0 radical (unpaired) electrons. The summed E-state index contributed by atoms with van der Waals surface area (Å²) in [6, 6.07) is 4.62. The van der Waals surface area contributed by atoms with Crippen molar-refractivity contribution in [3.8, 4) is 0 Å². The molecule has 82 valence electrons. The Labute approximate surface area is 91.1 Å². The van der Waals surface area contributed by atoms with E-state index in [9.17, 15) is 4.79 Å². The molecule has 0 amide bonds. The molecule has 1 aromatic heterocycles. The van der Waals surface area contributed by atoms with Crippen LogP contribution in [-0.2, 0) is 11.2 Å². The van der Waals surface area contributed by atoms with Crippen LogP contribution in [0.25, 0.3) is 11.0 Å². The fraction of sp³-hybridized carbons (Fsp3) is 0.100. The molecule has 2 rings (SSSR count). The second-order valence-corrected chi connectivity index (χ2v) is 3.46. The Morgan fingerprint density at radius 1 is 1.38 bits per heavy atom. The van der Waals surface area contributed by atoms with Crippen molar-refractivity contribution in [1.82, 2.24) is 0 Å². The maximum Gasteiger partial charge on any atom is 0.488 e. The zero-order valence-corrected chi connectivity index (χ0v) is 8.25. The molecule has 0 aliphatic heterocycles. The second kappa shape index (κ2) is 4.00. The number of carboxylic acid groups (broad SMARTS) is 1. The second-order valence-electron chi connectivity index (χ2n) is 3.46. The zero-order chi connectivity index (χ0) is 11.7. The van der Waals surface area contributed by atoms with Crippen LogP contribution in [0.15, 0.2) is 28.9 Å². The first-order chi connectivity index (χ1) is 7.58. The predicted octanol–water partition coefficient (Wildman–Crippen LogP) is -0.260. The third kappa shape index (κ3) is 1.93. The molecule has 2 aromatic rings. The Bertz CT molecular complexity index is 531. The Morgan fingerprint density at radius 3 is 2.75 bits per heavy atom. The molecule has 1 heterocycles. The van der Waals surface area contributed by atoms with Crippen LogP contribution < -0.4 is 5.46 Å². The van der Waals surface area contributed by atoms with E-state index in [2.05, 4.69) is 0 Å². The van der Waals surface area contributed by atoms with Crippen LogP contribution in [0.1, 0.15) is 5.56 Å². The van der Waals surface area contributed by atoms with Crippen molar-refractivity contribution < 1.29 is 24.4 Å². The quantitative estimate of drug-likeness (QED) is 0.620. The molecule has 0 saturated carbocycles. The molecule has 1 aromatic carbocycles. The lowest BCUT2D eigenvalue weighted by Gasteiger charge is -1.98. The molecule has 5 nitrogen and oxygen atoms in total. The van der Waals surface area contributed by atoms with Crippen LogP contribution in [0.5, 0.6) is 0 Å². The van der Waals surface area contributed by atoms with E-state index in [1.54, 1.807) is 6.07 Å². The maximum absolute atomic E-state index is 10.6. The number of aliphatic carboxylic acids is 1. The lowest BCUT2D eigenvalue weighted by Crippen LogP contribution is -2.29. The summed E-state index contributed by atoms with van der Waals surface area (Å²) < 4.78 is 5.16. The van der Waals surface area contributed by atoms with Gasteiger partial charge in [0.1, 0.15) is 5.58 Å². The normalized spacial score (nSPS) is 10.6. The summed E-state index contributed by atoms with van der Waals surface area (Å²) in [6.07, 6.45) is 1.25. The van der Waals surface area contributed by atoms with E-state index < -0.39 is 13.1 Å². The van der Waals surface area contributed by atoms with Crippen molar-refractivity contribution in [2.24, 2.45) is 0 Å². The molecule has 0 fully saturated rings. The number of hydrogen-bond donors (Lipinski definition) is 3. The molecule has 0 aliphatic carbocycles. The van der Waals surface area contributed by atoms with Crippen LogP contribution in [0.3, 0.4) is 0 Å². The van der Waals surface area contributed by atoms with Gasteiger partial charge in [-0.1, -0.05) is 12.1 Å². The van der Waals surface area contributed by atoms with Crippen molar-refractivity contribution in [2.75, 3.05) is 0 Å². The molecule has 3 N–H and O–H groups in total. The SMILES string of the molecule is O=C(O)Cc1coc2cc(B(O)O)ccc12. The summed E-state index contributed by atoms with van der Waals surface area (Å²) in [4.78, 5) is 10.6. The van der Waals surface area contributed by atoms with Crippen molar-refractivity contribution >= 4 is 29.5 Å². The number of benzene rings is 1. The van der Waals surface area contributed by atoms with Crippen molar-refractivity contribution in [3.63, 3.8) is 0 Å². The van der Waals surface area contributed by atoms with Gasteiger partial charge in [0.25, 0.3) is 0 Å². The van der Waals surface area contributed by atoms with Gasteiger partial charge < -0.3 is 19.6 Å². The molecule has 0 unspecified atom stereocenters. The Balaban J connectivity index is 2.46. The summed E-state index contributed by atoms with van der Waals surface area (Å²) in [5.74, 6) is -0.936. The van der Waals surface area contributed by atoms with Gasteiger partial charge in [0.15, 0.2) is 0 Å². The van der Waals surface area contributed by atoms with Crippen LogP contribution in [0.4, 0.5) is 0 Å². The fourth-order valence-corrected chi connectivity index (χ4v) is 1.56. The summed E-state index contributed by atoms with van der Waals surface area (Å²) >= 11 is 0. The highest BCUT2D eigenvalue weighted by atomic mass is 16.4. The van der Waals surface area contributed by atoms with E-state index in [1.807, 2.05) is 0 Å². The van der Waals surface area contributed by atoms with Gasteiger partial charge in [-0.2, -0.15) is 0 Å². The van der Waals surface area contributed by atoms with Crippen LogP contribution in [0, 0.1) is 0 Å². The standard InChI is InChI=1S/C10H9BO5/c12-10(13)3-6-5-16-9-4-7(11(14)15)1-2-8(6)9/h1-2,4-5,14-15H,3H2,(H,12,13). The lowest BCUT2D eigenvalue weighted by molar-refractivity contribution is -0.136. The molecule has 0 aliphatic rings. The molecular formula is C10H9BO5. The Hall–Kier alpha value is -1.79. The third-order valence-corrected chi connectivity index (χ3v) is 2.32. The highest BCUT2D eigenvalue weighted by Gasteiger charge is 2.14. The zero-order valence-electron chi connectivity index (χ0n) is 8.25. The van der Waals surface area contributed by atoms with Crippen LogP contribution >= 0.6 is 0 Å². The van der Waals surface area contributed by atoms with E-state index in [0.717, 1.165) is 0 Å². The first-order valence-electron chi connectivity index (χ1n) is 4.66. The average molecular weight is 220 g/mol. The molecule has 0 spiro atoms. The van der Waals surface area contributed by atoms with Gasteiger partial charge in [0.05, 0.1) is 12.7 Å². The minimum atomic E-state index is -1.56. The van der Waals surface area contributed by atoms with Crippen LogP contribution in [0.2, 0.25) is 0 Å². The van der Waals surface area contributed by atoms with Crippen molar-refractivity contribution in [1.29, 1.82) is 0 Å². The number of hydrogen-bond acceptors (Lipinski definition) is 4. The summed E-state index contributed by atoms with van der Waals surface area (Å²) in [6.45, 7) is 0.